The van der Waals surface area contributed by atoms with Gasteiger partial charge in [-0.05, 0) is 30.5 Å². The number of unbranched alkanes of at least 4 members (excludes halogenated alkanes) is 2. The third-order valence-electron chi connectivity index (χ3n) is 3.24. The highest BCUT2D eigenvalue weighted by Crippen LogP contribution is 2.15. The first-order valence-corrected chi connectivity index (χ1v) is 8.15. The second-order valence-electron chi connectivity index (χ2n) is 4.94. The van der Waals surface area contributed by atoms with E-state index in [9.17, 15) is 4.79 Å². The molecule has 3 N–H and O–H groups in total. The van der Waals surface area contributed by atoms with E-state index in [1.165, 1.54) is 36.2 Å². The lowest BCUT2D eigenvalue weighted by molar-refractivity contribution is 0.102. The van der Waals surface area contributed by atoms with Crippen molar-refractivity contribution < 1.29 is 4.79 Å². The van der Waals surface area contributed by atoms with Gasteiger partial charge < -0.3 is 11.1 Å². The van der Waals surface area contributed by atoms with E-state index in [4.69, 9.17) is 5.73 Å². The number of hydrogen-bond donors (Lipinski definition) is 2. The van der Waals surface area contributed by atoms with Crippen molar-refractivity contribution in [1.82, 2.24) is 4.98 Å². The number of benzene rings is 1. The molecule has 1 heterocycles. The lowest BCUT2D eigenvalue weighted by atomic mass is 10.1. The standard InChI is InChI=1S/C16H21N3OS/c1-2-3-4-5-12-6-8-13(9-7-12)18-16(20)14-11-21-15(10-17)19-14/h6-9,11H,2-5,10,17H2,1H3,(H,18,20). The molecule has 0 saturated heterocycles. The number of amides is 1. The van der Waals surface area contributed by atoms with Crippen LogP contribution in [-0.2, 0) is 13.0 Å². The fraction of sp³-hybridized carbons (Fsp3) is 0.375. The summed E-state index contributed by atoms with van der Waals surface area (Å²) in [5, 5.41) is 5.36. The number of thiazole rings is 1. The third-order valence-corrected chi connectivity index (χ3v) is 4.11. The number of nitrogens with one attached hydrogen (secondary N) is 1. The van der Waals surface area contributed by atoms with Crippen LogP contribution in [0.2, 0.25) is 0 Å². The van der Waals surface area contributed by atoms with Crippen molar-refractivity contribution in [1.29, 1.82) is 0 Å². The Balaban J connectivity index is 1.91. The molecule has 1 aromatic heterocycles. The van der Waals surface area contributed by atoms with Crippen LogP contribution >= 0.6 is 11.3 Å². The maximum Gasteiger partial charge on any atom is 0.275 e. The van der Waals surface area contributed by atoms with Crippen molar-refractivity contribution >= 4 is 22.9 Å². The first kappa shape index (κ1) is 15.7. The highest BCUT2D eigenvalue weighted by Gasteiger charge is 2.10. The SMILES string of the molecule is CCCCCc1ccc(NC(=O)c2csc(CN)n2)cc1. The normalized spacial score (nSPS) is 10.6. The van der Waals surface area contributed by atoms with Crippen LogP contribution in [0.5, 0.6) is 0 Å². The number of nitrogens with zero attached hydrogens (tertiary/aromatic N) is 1. The summed E-state index contributed by atoms with van der Waals surface area (Å²) >= 11 is 1.41. The molecule has 1 amide bonds. The summed E-state index contributed by atoms with van der Waals surface area (Å²) in [6.07, 6.45) is 4.79. The van der Waals surface area contributed by atoms with E-state index in [1.807, 2.05) is 12.1 Å². The van der Waals surface area contributed by atoms with Crippen molar-refractivity contribution in [2.45, 2.75) is 39.2 Å². The lowest BCUT2D eigenvalue weighted by Crippen LogP contribution is -2.12. The summed E-state index contributed by atoms with van der Waals surface area (Å²) in [6, 6.07) is 8.01. The summed E-state index contributed by atoms with van der Waals surface area (Å²) in [4.78, 5) is 16.2. The molecule has 2 rings (SSSR count). The number of rotatable bonds is 7. The Bertz CT molecular complexity index is 577. The van der Waals surface area contributed by atoms with E-state index in [2.05, 4.69) is 29.4 Å². The molecular weight excluding hydrogens is 282 g/mol. The second kappa shape index (κ2) is 7.90. The maximum absolute atomic E-state index is 12.0. The molecule has 0 spiro atoms. The number of nitrogens with two attached hydrogens (primary N) is 1. The molecule has 0 fully saturated rings. The molecule has 0 saturated carbocycles. The molecule has 2 aromatic rings. The van der Waals surface area contributed by atoms with Gasteiger partial charge in [-0.3, -0.25) is 4.79 Å². The number of hydrogen-bond acceptors (Lipinski definition) is 4. The Morgan fingerprint density at radius 2 is 2.05 bits per heavy atom. The number of anilines is 1. The van der Waals surface area contributed by atoms with Gasteiger partial charge in [0, 0.05) is 17.6 Å². The van der Waals surface area contributed by atoms with Crippen molar-refractivity contribution in [2.24, 2.45) is 5.73 Å². The molecule has 112 valence electrons. The summed E-state index contributed by atoms with van der Waals surface area (Å²) in [7, 11) is 0. The van der Waals surface area contributed by atoms with Crippen LogP contribution in [0.3, 0.4) is 0 Å². The first-order valence-electron chi connectivity index (χ1n) is 7.27. The zero-order valence-electron chi connectivity index (χ0n) is 12.3. The Labute approximate surface area is 129 Å². The van der Waals surface area contributed by atoms with Gasteiger partial charge in [0.25, 0.3) is 5.91 Å². The summed E-state index contributed by atoms with van der Waals surface area (Å²) in [6.45, 7) is 2.57. The van der Waals surface area contributed by atoms with Gasteiger partial charge in [-0.15, -0.1) is 11.3 Å². The average molecular weight is 303 g/mol. The minimum absolute atomic E-state index is 0.190. The van der Waals surface area contributed by atoms with Crippen LogP contribution in [0.15, 0.2) is 29.6 Å². The summed E-state index contributed by atoms with van der Waals surface area (Å²) < 4.78 is 0. The molecule has 5 heteroatoms. The minimum Gasteiger partial charge on any atom is -0.325 e. The highest BCUT2D eigenvalue weighted by molar-refractivity contribution is 7.09. The lowest BCUT2D eigenvalue weighted by Gasteiger charge is -2.05. The van der Waals surface area contributed by atoms with Gasteiger partial charge in [-0.25, -0.2) is 4.98 Å². The quantitative estimate of drug-likeness (QED) is 0.768. The number of aromatic nitrogens is 1. The molecule has 0 aliphatic heterocycles. The predicted molar refractivity (Wildman–Crippen MR) is 87.6 cm³/mol. The van der Waals surface area contributed by atoms with Gasteiger partial charge in [0.2, 0.25) is 0 Å². The van der Waals surface area contributed by atoms with Gasteiger partial charge in [0.1, 0.15) is 10.7 Å². The van der Waals surface area contributed by atoms with Crippen molar-refractivity contribution in [2.75, 3.05) is 5.32 Å². The Hall–Kier alpha value is -1.72. The van der Waals surface area contributed by atoms with Crippen LogP contribution in [0.4, 0.5) is 5.69 Å². The van der Waals surface area contributed by atoms with Crippen molar-refractivity contribution in [3.8, 4) is 0 Å². The smallest absolute Gasteiger partial charge is 0.275 e. The molecular formula is C16H21N3OS. The van der Waals surface area contributed by atoms with E-state index < -0.39 is 0 Å². The van der Waals surface area contributed by atoms with E-state index in [1.54, 1.807) is 5.38 Å². The fourth-order valence-corrected chi connectivity index (χ4v) is 2.69. The Kier molecular flexibility index (Phi) is 5.90. The van der Waals surface area contributed by atoms with Gasteiger partial charge in [0.15, 0.2) is 0 Å². The fourth-order valence-electron chi connectivity index (χ4n) is 2.04. The molecule has 1 aromatic carbocycles. The van der Waals surface area contributed by atoms with E-state index in [0.717, 1.165) is 17.1 Å². The van der Waals surface area contributed by atoms with Crippen LogP contribution in [-0.4, -0.2) is 10.9 Å². The topological polar surface area (TPSA) is 68.0 Å². The largest absolute Gasteiger partial charge is 0.325 e. The monoisotopic (exact) mass is 303 g/mol. The predicted octanol–water partition coefficient (Wildman–Crippen LogP) is 3.59. The number of aryl methyl sites for hydroxylation is 1. The molecule has 21 heavy (non-hydrogen) atoms. The van der Waals surface area contributed by atoms with Gasteiger partial charge in [-0.1, -0.05) is 31.9 Å². The molecule has 0 aliphatic carbocycles. The van der Waals surface area contributed by atoms with E-state index in [-0.39, 0.29) is 5.91 Å². The van der Waals surface area contributed by atoms with Crippen LogP contribution < -0.4 is 11.1 Å². The van der Waals surface area contributed by atoms with Crippen molar-refractivity contribution in [3.05, 3.63) is 45.9 Å². The summed E-state index contributed by atoms with van der Waals surface area (Å²) in [5.41, 5.74) is 8.02. The molecule has 0 aliphatic rings. The van der Waals surface area contributed by atoms with Crippen LogP contribution in [0.25, 0.3) is 0 Å². The average Bonchev–Trinajstić information content (AvgIpc) is 2.98. The van der Waals surface area contributed by atoms with Crippen LogP contribution in [0.1, 0.15) is 47.2 Å². The second-order valence-corrected chi connectivity index (χ2v) is 5.88. The van der Waals surface area contributed by atoms with E-state index in [0.29, 0.717) is 12.2 Å². The summed E-state index contributed by atoms with van der Waals surface area (Å²) in [5.74, 6) is -0.190. The molecule has 0 radical (unpaired) electrons. The van der Waals surface area contributed by atoms with Crippen LogP contribution in [0, 0.1) is 0 Å². The Morgan fingerprint density at radius 3 is 2.67 bits per heavy atom. The minimum atomic E-state index is -0.190. The number of carbonyl (C=O) groups excluding carboxylic acids is 1. The number of carbonyl (C=O) groups is 1. The third kappa shape index (κ3) is 4.65. The molecule has 0 unspecified atom stereocenters. The molecule has 0 atom stereocenters. The van der Waals surface area contributed by atoms with Gasteiger partial charge in [0.05, 0.1) is 0 Å². The van der Waals surface area contributed by atoms with Gasteiger partial charge in [-0.2, -0.15) is 0 Å². The Morgan fingerprint density at radius 1 is 1.29 bits per heavy atom. The van der Waals surface area contributed by atoms with Crippen molar-refractivity contribution in [3.63, 3.8) is 0 Å². The molecule has 0 bridgehead atoms. The zero-order chi connectivity index (χ0) is 15.1. The molecule has 4 nitrogen and oxygen atoms in total. The maximum atomic E-state index is 12.0. The zero-order valence-corrected chi connectivity index (χ0v) is 13.1. The highest BCUT2D eigenvalue weighted by atomic mass is 32.1. The first-order chi connectivity index (χ1) is 10.2. The van der Waals surface area contributed by atoms with Gasteiger partial charge >= 0.3 is 0 Å². The van der Waals surface area contributed by atoms with E-state index >= 15 is 0 Å².